The van der Waals surface area contributed by atoms with Crippen molar-refractivity contribution in [1.82, 2.24) is 0 Å². The SMILES string of the molecule is C=CC[C@@H]1[C@H]2c3cccc(CCCC(=O)O)c3O[C@H]2C[C@H]1O. The predicted octanol–water partition coefficient (Wildman–Crippen LogP) is 2.90. The van der Waals surface area contributed by atoms with Crippen molar-refractivity contribution in [3.63, 3.8) is 0 Å². The van der Waals surface area contributed by atoms with E-state index in [9.17, 15) is 9.90 Å². The Balaban J connectivity index is 1.82. The first-order valence-corrected chi connectivity index (χ1v) is 7.91. The molecule has 0 saturated heterocycles. The van der Waals surface area contributed by atoms with Crippen LogP contribution in [0.15, 0.2) is 30.9 Å². The Kier molecular flexibility index (Phi) is 4.21. The molecule has 1 heterocycles. The number of carbonyl (C=O) groups is 1. The highest BCUT2D eigenvalue weighted by Crippen LogP contribution is 2.52. The molecule has 0 spiro atoms. The van der Waals surface area contributed by atoms with Crippen LogP contribution in [0.25, 0.3) is 0 Å². The third-order valence-electron chi connectivity index (χ3n) is 4.86. The lowest BCUT2D eigenvalue weighted by Gasteiger charge is -2.19. The van der Waals surface area contributed by atoms with E-state index >= 15 is 0 Å². The van der Waals surface area contributed by atoms with E-state index in [1.54, 1.807) is 0 Å². The lowest BCUT2D eigenvalue weighted by Crippen LogP contribution is -2.17. The minimum atomic E-state index is -0.764. The Morgan fingerprint density at radius 2 is 2.27 bits per heavy atom. The van der Waals surface area contributed by atoms with Crippen LogP contribution in [0.2, 0.25) is 0 Å². The van der Waals surface area contributed by atoms with Crippen molar-refractivity contribution >= 4 is 5.97 Å². The summed E-state index contributed by atoms with van der Waals surface area (Å²) in [5, 5.41) is 19.0. The van der Waals surface area contributed by atoms with Crippen LogP contribution in [-0.2, 0) is 11.2 Å². The van der Waals surface area contributed by atoms with Gasteiger partial charge >= 0.3 is 5.97 Å². The molecule has 0 unspecified atom stereocenters. The number of carboxylic acids is 1. The van der Waals surface area contributed by atoms with Gasteiger partial charge in [-0.05, 0) is 30.7 Å². The summed E-state index contributed by atoms with van der Waals surface area (Å²) < 4.78 is 6.12. The summed E-state index contributed by atoms with van der Waals surface area (Å²) in [6.45, 7) is 3.80. The van der Waals surface area contributed by atoms with Crippen LogP contribution >= 0.6 is 0 Å². The molecule has 2 aliphatic rings. The molecular formula is C18H22O4. The average molecular weight is 302 g/mol. The van der Waals surface area contributed by atoms with Gasteiger partial charge in [0.05, 0.1) is 6.10 Å². The number of aliphatic hydroxyl groups is 1. The summed E-state index contributed by atoms with van der Waals surface area (Å²) in [6, 6.07) is 6.10. The number of aliphatic hydroxyl groups excluding tert-OH is 1. The number of hydrogen-bond acceptors (Lipinski definition) is 3. The van der Waals surface area contributed by atoms with Crippen molar-refractivity contribution in [2.75, 3.05) is 0 Å². The molecule has 22 heavy (non-hydrogen) atoms. The highest BCUT2D eigenvalue weighted by atomic mass is 16.5. The lowest BCUT2D eigenvalue weighted by molar-refractivity contribution is -0.137. The summed E-state index contributed by atoms with van der Waals surface area (Å²) in [6.07, 6.45) is 4.51. The summed E-state index contributed by atoms with van der Waals surface area (Å²) in [4.78, 5) is 10.7. The molecule has 4 heteroatoms. The second-order valence-electron chi connectivity index (χ2n) is 6.26. The minimum Gasteiger partial charge on any atom is -0.489 e. The zero-order chi connectivity index (χ0) is 15.7. The van der Waals surface area contributed by atoms with Gasteiger partial charge in [0.2, 0.25) is 0 Å². The number of aliphatic carboxylic acids is 1. The highest BCUT2D eigenvalue weighted by molar-refractivity contribution is 5.66. The lowest BCUT2D eigenvalue weighted by atomic mass is 9.85. The average Bonchev–Trinajstić information content (AvgIpc) is 2.96. The van der Waals surface area contributed by atoms with Crippen LogP contribution < -0.4 is 4.74 Å². The van der Waals surface area contributed by atoms with Gasteiger partial charge in [0, 0.05) is 24.3 Å². The predicted molar refractivity (Wildman–Crippen MR) is 83.1 cm³/mol. The molecule has 1 aromatic carbocycles. The molecule has 1 aliphatic carbocycles. The number of rotatable bonds is 6. The van der Waals surface area contributed by atoms with E-state index in [0.29, 0.717) is 19.3 Å². The first kappa shape index (κ1) is 15.1. The fourth-order valence-corrected chi connectivity index (χ4v) is 3.91. The number of fused-ring (bicyclic) bond motifs is 3. The Labute approximate surface area is 130 Å². The molecule has 1 aliphatic heterocycles. The quantitative estimate of drug-likeness (QED) is 0.793. The minimum absolute atomic E-state index is 0.0376. The van der Waals surface area contributed by atoms with Crippen molar-refractivity contribution in [3.8, 4) is 5.75 Å². The fourth-order valence-electron chi connectivity index (χ4n) is 3.91. The van der Waals surface area contributed by atoms with Crippen LogP contribution in [0.3, 0.4) is 0 Å². The molecule has 0 bridgehead atoms. The van der Waals surface area contributed by atoms with E-state index in [1.165, 1.54) is 5.56 Å². The topological polar surface area (TPSA) is 66.8 Å². The number of carboxylic acid groups (broad SMARTS) is 1. The summed E-state index contributed by atoms with van der Waals surface area (Å²) in [5.74, 6) is 0.545. The zero-order valence-electron chi connectivity index (χ0n) is 12.6. The Morgan fingerprint density at radius 3 is 3.00 bits per heavy atom. The Morgan fingerprint density at radius 1 is 1.45 bits per heavy atom. The van der Waals surface area contributed by atoms with Gasteiger partial charge in [0.15, 0.2) is 0 Å². The smallest absolute Gasteiger partial charge is 0.303 e. The monoisotopic (exact) mass is 302 g/mol. The maximum Gasteiger partial charge on any atom is 0.303 e. The number of benzene rings is 1. The molecule has 1 fully saturated rings. The number of aryl methyl sites for hydroxylation is 1. The largest absolute Gasteiger partial charge is 0.489 e. The molecule has 4 nitrogen and oxygen atoms in total. The molecule has 1 aromatic rings. The van der Waals surface area contributed by atoms with Gasteiger partial charge in [0.1, 0.15) is 11.9 Å². The van der Waals surface area contributed by atoms with Gasteiger partial charge in [-0.15, -0.1) is 6.58 Å². The number of ether oxygens (including phenoxy) is 1. The van der Waals surface area contributed by atoms with Crippen molar-refractivity contribution in [1.29, 1.82) is 0 Å². The Hall–Kier alpha value is -1.81. The van der Waals surface area contributed by atoms with E-state index in [1.807, 2.05) is 18.2 Å². The normalized spacial score (nSPS) is 28.8. The van der Waals surface area contributed by atoms with Crippen LogP contribution in [0.4, 0.5) is 0 Å². The molecule has 4 atom stereocenters. The zero-order valence-corrected chi connectivity index (χ0v) is 12.6. The second kappa shape index (κ2) is 6.13. The highest BCUT2D eigenvalue weighted by Gasteiger charge is 2.49. The third kappa shape index (κ3) is 2.63. The van der Waals surface area contributed by atoms with Gasteiger partial charge in [0.25, 0.3) is 0 Å². The number of allylic oxidation sites excluding steroid dienone is 1. The standard InChI is InChI=1S/C18H22O4/c1-2-5-12-14(19)10-15-17(12)13-8-3-6-11(18(13)22-15)7-4-9-16(20)21/h2-3,6,8,12,14-15,17,19H,1,4-5,7,9-10H2,(H,20,21)/t12-,14+,15-,17-/m0/s1. The number of para-hydroxylation sites is 1. The molecule has 2 N–H and O–H groups in total. The summed E-state index contributed by atoms with van der Waals surface area (Å²) in [7, 11) is 0. The van der Waals surface area contributed by atoms with Crippen LogP contribution in [-0.4, -0.2) is 28.4 Å². The van der Waals surface area contributed by atoms with E-state index in [-0.39, 0.29) is 30.5 Å². The van der Waals surface area contributed by atoms with E-state index in [0.717, 1.165) is 17.7 Å². The van der Waals surface area contributed by atoms with Crippen LogP contribution in [0.5, 0.6) is 5.75 Å². The van der Waals surface area contributed by atoms with Gasteiger partial charge in [-0.1, -0.05) is 24.3 Å². The molecule has 118 valence electrons. The van der Waals surface area contributed by atoms with Crippen molar-refractivity contribution < 1.29 is 19.7 Å². The molecule has 0 radical (unpaired) electrons. The van der Waals surface area contributed by atoms with E-state index in [4.69, 9.17) is 9.84 Å². The molecule has 1 saturated carbocycles. The van der Waals surface area contributed by atoms with Gasteiger partial charge in [-0.25, -0.2) is 0 Å². The maximum absolute atomic E-state index is 10.7. The maximum atomic E-state index is 10.7. The third-order valence-corrected chi connectivity index (χ3v) is 4.86. The molecule has 0 amide bonds. The van der Waals surface area contributed by atoms with Crippen LogP contribution in [0.1, 0.15) is 42.7 Å². The van der Waals surface area contributed by atoms with Gasteiger partial charge < -0.3 is 14.9 Å². The van der Waals surface area contributed by atoms with E-state index in [2.05, 4.69) is 12.6 Å². The van der Waals surface area contributed by atoms with Crippen molar-refractivity contribution in [2.45, 2.75) is 50.2 Å². The van der Waals surface area contributed by atoms with Crippen molar-refractivity contribution in [2.24, 2.45) is 5.92 Å². The molecule has 3 rings (SSSR count). The second-order valence-corrected chi connectivity index (χ2v) is 6.26. The van der Waals surface area contributed by atoms with Crippen LogP contribution in [0, 0.1) is 5.92 Å². The van der Waals surface area contributed by atoms with Gasteiger partial charge in [-0.3, -0.25) is 4.79 Å². The fraction of sp³-hybridized carbons (Fsp3) is 0.500. The summed E-state index contributed by atoms with van der Waals surface area (Å²) in [5.41, 5.74) is 2.25. The van der Waals surface area contributed by atoms with Crippen molar-refractivity contribution in [3.05, 3.63) is 42.0 Å². The van der Waals surface area contributed by atoms with E-state index < -0.39 is 5.97 Å². The number of hydrogen-bond donors (Lipinski definition) is 2. The Bertz CT molecular complexity index is 580. The first-order valence-electron chi connectivity index (χ1n) is 7.91. The molecule has 0 aromatic heterocycles. The molecular weight excluding hydrogens is 280 g/mol. The summed E-state index contributed by atoms with van der Waals surface area (Å²) >= 11 is 0. The first-order chi connectivity index (χ1) is 10.6. The van der Waals surface area contributed by atoms with Gasteiger partial charge in [-0.2, -0.15) is 0 Å².